The van der Waals surface area contributed by atoms with Gasteiger partial charge in [-0.05, 0) is 36.0 Å². The van der Waals surface area contributed by atoms with Crippen LogP contribution >= 0.6 is 0 Å². The van der Waals surface area contributed by atoms with Crippen molar-refractivity contribution in [1.82, 2.24) is 0 Å². The summed E-state index contributed by atoms with van der Waals surface area (Å²) < 4.78 is 5.32. The molecule has 0 radical (unpaired) electrons. The zero-order valence-corrected chi connectivity index (χ0v) is 9.40. The van der Waals surface area contributed by atoms with E-state index in [9.17, 15) is 4.79 Å². The lowest BCUT2D eigenvalue weighted by atomic mass is 9.99. The lowest BCUT2D eigenvalue weighted by Gasteiger charge is -2.10. The second-order valence-corrected chi connectivity index (χ2v) is 4.58. The SMILES string of the molecule is CC1(c2ccc(OCCC(=O)O)cc2)CC1. The van der Waals surface area contributed by atoms with E-state index in [1.807, 2.05) is 12.1 Å². The van der Waals surface area contributed by atoms with Crippen molar-refractivity contribution in [3.8, 4) is 5.75 Å². The molecule has 1 aliphatic rings. The molecule has 16 heavy (non-hydrogen) atoms. The highest BCUT2D eigenvalue weighted by Gasteiger charge is 2.38. The van der Waals surface area contributed by atoms with Crippen LogP contribution in [0.2, 0.25) is 0 Å². The Morgan fingerprint density at radius 3 is 2.50 bits per heavy atom. The molecule has 3 heteroatoms. The van der Waals surface area contributed by atoms with E-state index < -0.39 is 5.97 Å². The zero-order chi connectivity index (χ0) is 11.6. The van der Waals surface area contributed by atoms with Gasteiger partial charge in [0.15, 0.2) is 0 Å². The van der Waals surface area contributed by atoms with Gasteiger partial charge in [0.25, 0.3) is 0 Å². The number of hydrogen-bond donors (Lipinski definition) is 1. The average molecular weight is 220 g/mol. The summed E-state index contributed by atoms with van der Waals surface area (Å²) in [6.45, 7) is 2.49. The molecular formula is C13H16O3. The normalized spacial score (nSPS) is 16.8. The number of rotatable bonds is 5. The van der Waals surface area contributed by atoms with Gasteiger partial charge >= 0.3 is 5.97 Å². The number of benzene rings is 1. The number of carboxylic acids is 1. The predicted molar refractivity (Wildman–Crippen MR) is 60.8 cm³/mol. The molecule has 0 aromatic heterocycles. The van der Waals surface area contributed by atoms with E-state index in [1.165, 1.54) is 18.4 Å². The molecule has 0 heterocycles. The van der Waals surface area contributed by atoms with Crippen LogP contribution in [-0.2, 0) is 10.2 Å². The molecule has 0 aliphatic heterocycles. The summed E-state index contributed by atoms with van der Waals surface area (Å²) in [7, 11) is 0. The molecule has 1 saturated carbocycles. The van der Waals surface area contributed by atoms with Crippen molar-refractivity contribution in [1.29, 1.82) is 0 Å². The summed E-state index contributed by atoms with van der Waals surface area (Å²) >= 11 is 0. The topological polar surface area (TPSA) is 46.5 Å². The van der Waals surface area contributed by atoms with Crippen LogP contribution in [0.5, 0.6) is 5.75 Å². The molecule has 1 aliphatic carbocycles. The summed E-state index contributed by atoms with van der Waals surface area (Å²) in [5.41, 5.74) is 1.72. The first-order chi connectivity index (χ1) is 7.60. The standard InChI is InChI=1S/C13H16O3/c1-13(7-8-13)10-2-4-11(5-3-10)16-9-6-12(14)15/h2-5H,6-9H2,1H3,(H,14,15). The Morgan fingerprint density at radius 1 is 1.38 bits per heavy atom. The molecule has 0 spiro atoms. The van der Waals surface area contributed by atoms with Gasteiger partial charge in [-0.15, -0.1) is 0 Å². The monoisotopic (exact) mass is 220 g/mol. The molecule has 3 nitrogen and oxygen atoms in total. The Bertz CT molecular complexity index is 377. The number of ether oxygens (including phenoxy) is 1. The highest BCUT2D eigenvalue weighted by Crippen LogP contribution is 2.47. The lowest BCUT2D eigenvalue weighted by Crippen LogP contribution is -2.05. The lowest BCUT2D eigenvalue weighted by molar-refractivity contribution is -0.137. The molecule has 1 aromatic rings. The molecule has 1 N–H and O–H groups in total. The van der Waals surface area contributed by atoms with E-state index in [1.54, 1.807) is 0 Å². The summed E-state index contributed by atoms with van der Waals surface area (Å²) in [5.74, 6) is -0.0867. The minimum Gasteiger partial charge on any atom is -0.493 e. The minimum atomic E-state index is -0.831. The molecule has 0 saturated heterocycles. The van der Waals surface area contributed by atoms with Gasteiger partial charge in [-0.25, -0.2) is 0 Å². The maximum absolute atomic E-state index is 10.3. The van der Waals surface area contributed by atoms with Crippen molar-refractivity contribution in [2.75, 3.05) is 6.61 Å². The number of carboxylic acid groups (broad SMARTS) is 1. The largest absolute Gasteiger partial charge is 0.493 e. The predicted octanol–water partition coefficient (Wildman–Crippen LogP) is 2.59. The molecular weight excluding hydrogens is 204 g/mol. The summed E-state index contributed by atoms with van der Waals surface area (Å²) in [6, 6.07) is 7.98. The van der Waals surface area contributed by atoms with Crippen LogP contribution in [0, 0.1) is 0 Å². The fourth-order valence-corrected chi connectivity index (χ4v) is 1.69. The van der Waals surface area contributed by atoms with Crippen LogP contribution < -0.4 is 4.74 Å². The molecule has 0 atom stereocenters. The fourth-order valence-electron chi connectivity index (χ4n) is 1.69. The van der Waals surface area contributed by atoms with E-state index >= 15 is 0 Å². The maximum Gasteiger partial charge on any atom is 0.306 e. The molecule has 1 fully saturated rings. The quantitative estimate of drug-likeness (QED) is 0.829. The van der Waals surface area contributed by atoms with Crippen LogP contribution in [0.15, 0.2) is 24.3 Å². The Balaban J connectivity index is 1.89. The van der Waals surface area contributed by atoms with Gasteiger partial charge in [0, 0.05) is 0 Å². The molecule has 0 amide bonds. The van der Waals surface area contributed by atoms with Crippen molar-refractivity contribution < 1.29 is 14.6 Å². The van der Waals surface area contributed by atoms with Crippen LogP contribution in [-0.4, -0.2) is 17.7 Å². The maximum atomic E-state index is 10.3. The second kappa shape index (κ2) is 4.16. The van der Waals surface area contributed by atoms with Gasteiger partial charge in [-0.3, -0.25) is 4.79 Å². The van der Waals surface area contributed by atoms with Crippen molar-refractivity contribution >= 4 is 5.97 Å². The second-order valence-electron chi connectivity index (χ2n) is 4.58. The highest BCUT2D eigenvalue weighted by atomic mass is 16.5. The minimum absolute atomic E-state index is 0.0411. The van der Waals surface area contributed by atoms with E-state index in [0.717, 1.165) is 5.75 Å². The molecule has 86 valence electrons. The van der Waals surface area contributed by atoms with Gasteiger partial charge < -0.3 is 9.84 Å². The zero-order valence-electron chi connectivity index (χ0n) is 9.40. The van der Waals surface area contributed by atoms with Crippen molar-refractivity contribution in [3.05, 3.63) is 29.8 Å². The van der Waals surface area contributed by atoms with E-state index in [0.29, 0.717) is 5.41 Å². The molecule has 1 aromatic carbocycles. The van der Waals surface area contributed by atoms with E-state index in [-0.39, 0.29) is 13.0 Å². The van der Waals surface area contributed by atoms with Gasteiger partial charge in [-0.1, -0.05) is 19.1 Å². The van der Waals surface area contributed by atoms with E-state index in [2.05, 4.69) is 19.1 Å². The highest BCUT2D eigenvalue weighted by molar-refractivity contribution is 5.66. The van der Waals surface area contributed by atoms with Gasteiger partial charge in [0.2, 0.25) is 0 Å². The first-order valence-corrected chi connectivity index (χ1v) is 5.55. The molecule has 2 rings (SSSR count). The Hall–Kier alpha value is -1.51. The third-order valence-corrected chi connectivity index (χ3v) is 3.14. The van der Waals surface area contributed by atoms with Gasteiger partial charge in [-0.2, -0.15) is 0 Å². The Kier molecular flexibility index (Phi) is 2.86. The number of aliphatic carboxylic acids is 1. The van der Waals surface area contributed by atoms with Gasteiger partial charge in [0.1, 0.15) is 5.75 Å². The van der Waals surface area contributed by atoms with Crippen LogP contribution in [0.3, 0.4) is 0 Å². The number of hydrogen-bond acceptors (Lipinski definition) is 2. The van der Waals surface area contributed by atoms with E-state index in [4.69, 9.17) is 9.84 Å². The van der Waals surface area contributed by atoms with Crippen LogP contribution in [0.4, 0.5) is 0 Å². The molecule has 0 bridgehead atoms. The van der Waals surface area contributed by atoms with Crippen LogP contribution in [0.1, 0.15) is 31.7 Å². The number of carbonyl (C=O) groups is 1. The summed E-state index contributed by atoms with van der Waals surface area (Å²) in [6.07, 6.45) is 2.55. The first kappa shape index (κ1) is 11.0. The Labute approximate surface area is 95.0 Å². The first-order valence-electron chi connectivity index (χ1n) is 5.55. The summed E-state index contributed by atoms with van der Waals surface area (Å²) in [5, 5.41) is 8.47. The third-order valence-electron chi connectivity index (χ3n) is 3.14. The van der Waals surface area contributed by atoms with Gasteiger partial charge in [0.05, 0.1) is 13.0 Å². The smallest absolute Gasteiger partial charge is 0.306 e. The summed E-state index contributed by atoms with van der Waals surface area (Å²) in [4.78, 5) is 10.3. The fraction of sp³-hybridized carbons (Fsp3) is 0.462. The Morgan fingerprint density at radius 2 is 2.00 bits per heavy atom. The van der Waals surface area contributed by atoms with Crippen molar-refractivity contribution in [2.45, 2.75) is 31.6 Å². The third kappa shape index (κ3) is 2.54. The average Bonchev–Trinajstić information content (AvgIpc) is 2.98. The molecule has 0 unspecified atom stereocenters. The van der Waals surface area contributed by atoms with Crippen molar-refractivity contribution in [3.63, 3.8) is 0 Å². The van der Waals surface area contributed by atoms with Crippen LogP contribution in [0.25, 0.3) is 0 Å². The van der Waals surface area contributed by atoms with Crippen molar-refractivity contribution in [2.24, 2.45) is 0 Å².